The average Bonchev–Trinajstić information content (AvgIpc) is 2.97. The Morgan fingerprint density at radius 3 is 2.56 bits per heavy atom. The van der Waals surface area contributed by atoms with Crippen molar-refractivity contribution in [2.45, 2.75) is 44.4 Å². The Hall–Kier alpha value is -1.66. The maximum Gasteiger partial charge on any atom is 0.422 e. The Morgan fingerprint density at radius 1 is 1.33 bits per heavy atom. The second kappa shape index (κ2) is 8.15. The topological polar surface area (TPSA) is 86.1 Å². The molecule has 0 bridgehead atoms. The van der Waals surface area contributed by atoms with E-state index in [-0.39, 0.29) is 23.3 Å². The van der Waals surface area contributed by atoms with E-state index in [1.165, 1.54) is 23.6 Å². The summed E-state index contributed by atoms with van der Waals surface area (Å²) in [7, 11) is -3.87. The lowest BCUT2D eigenvalue weighted by Gasteiger charge is -2.16. The molecule has 27 heavy (non-hydrogen) atoms. The highest BCUT2D eigenvalue weighted by molar-refractivity contribution is 9.10. The van der Waals surface area contributed by atoms with Crippen LogP contribution in [0, 0.1) is 6.92 Å². The van der Waals surface area contributed by atoms with Gasteiger partial charge in [0.15, 0.2) is 12.4 Å². The van der Waals surface area contributed by atoms with Crippen molar-refractivity contribution < 1.29 is 26.3 Å². The van der Waals surface area contributed by atoms with Gasteiger partial charge in [0.05, 0.1) is 10.9 Å². The van der Waals surface area contributed by atoms with Crippen molar-refractivity contribution in [2.75, 3.05) is 6.61 Å². The minimum atomic E-state index is -4.52. The van der Waals surface area contributed by atoms with E-state index >= 15 is 0 Å². The molecule has 0 aliphatic heterocycles. The second-order valence-corrected chi connectivity index (χ2v) is 8.31. The number of alkyl halides is 3. The molecule has 0 radical (unpaired) electrons. The SMILES string of the molecule is CCn1c(OCC(F)(F)F)nnc1[C@@H](C)NS(=O)(=O)c1ccc(Br)c(C)c1. The van der Waals surface area contributed by atoms with Crippen LogP contribution in [0.4, 0.5) is 13.2 Å². The molecule has 0 unspecified atom stereocenters. The van der Waals surface area contributed by atoms with E-state index in [2.05, 4.69) is 35.6 Å². The van der Waals surface area contributed by atoms with E-state index in [0.29, 0.717) is 0 Å². The van der Waals surface area contributed by atoms with Crippen LogP contribution in [-0.2, 0) is 16.6 Å². The van der Waals surface area contributed by atoms with Gasteiger partial charge in [-0.2, -0.15) is 13.2 Å². The van der Waals surface area contributed by atoms with E-state index in [0.717, 1.165) is 10.0 Å². The van der Waals surface area contributed by atoms with Crippen LogP contribution in [0.1, 0.15) is 31.3 Å². The molecule has 1 N–H and O–H groups in total. The van der Waals surface area contributed by atoms with Crippen molar-refractivity contribution in [1.82, 2.24) is 19.5 Å². The van der Waals surface area contributed by atoms with Gasteiger partial charge in [-0.25, -0.2) is 13.1 Å². The number of nitrogens with zero attached hydrogens (tertiary/aromatic N) is 3. The molecule has 2 rings (SSSR count). The van der Waals surface area contributed by atoms with Crippen molar-refractivity contribution in [3.8, 4) is 6.01 Å². The van der Waals surface area contributed by atoms with Crippen molar-refractivity contribution in [3.05, 3.63) is 34.1 Å². The summed E-state index contributed by atoms with van der Waals surface area (Å²) < 4.78 is 71.3. The number of hydrogen-bond acceptors (Lipinski definition) is 5. The molecule has 150 valence electrons. The summed E-state index contributed by atoms with van der Waals surface area (Å²) in [5, 5.41) is 7.37. The molecule has 0 fully saturated rings. The summed E-state index contributed by atoms with van der Waals surface area (Å²) in [6.07, 6.45) is -4.52. The van der Waals surface area contributed by atoms with Crippen LogP contribution in [0.5, 0.6) is 6.01 Å². The van der Waals surface area contributed by atoms with Gasteiger partial charge in [0.2, 0.25) is 10.0 Å². The Morgan fingerprint density at radius 2 is 2.00 bits per heavy atom. The fourth-order valence-corrected chi connectivity index (χ4v) is 3.84. The molecule has 1 aromatic heterocycles. The molecule has 0 amide bonds. The molecule has 2 aromatic rings. The molecule has 1 heterocycles. The Balaban J connectivity index is 2.23. The van der Waals surface area contributed by atoms with Crippen LogP contribution >= 0.6 is 15.9 Å². The van der Waals surface area contributed by atoms with Crippen molar-refractivity contribution in [1.29, 1.82) is 0 Å². The van der Waals surface area contributed by atoms with Crippen molar-refractivity contribution in [2.24, 2.45) is 0 Å². The number of hydrogen-bond donors (Lipinski definition) is 1. The van der Waals surface area contributed by atoms with Gasteiger partial charge in [0.25, 0.3) is 0 Å². The number of aryl methyl sites for hydroxylation is 1. The number of benzene rings is 1. The van der Waals surface area contributed by atoms with E-state index in [1.807, 2.05) is 0 Å². The molecule has 0 spiro atoms. The van der Waals surface area contributed by atoms with E-state index in [4.69, 9.17) is 0 Å². The average molecular weight is 471 g/mol. The van der Waals surface area contributed by atoms with E-state index in [9.17, 15) is 21.6 Å². The summed E-state index contributed by atoms with van der Waals surface area (Å²) in [5.41, 5.74) is 0.741. The van der Waals surface area contributed by atoms with Crippen LogP contribution in [0.3, 0.4) is 0 Å². The lowest BCUT2D eigenvalue weighted by atomic mass is 10.2. The van der Waals surface area contributed by atoms with Gasteiger partial charge in [-0.05, 0) is 44.5 Å². The van der Waals surface area contributed by atoms with Gasteiger partial charge in [0, 0.05) is 11.0 Å². The van der Waals surface area contributed by atoms with Crippen LogP contribution in [0.25, 0.3) is 0 Å². The quantitative estimate of drug-likeness (QED) is 0.670. The molecule has 7 nitrogen and oxygen atoms in total. The highest BCUT2D eigenvalue weighted by Gasteiger charge is 2.30. The van der Waals surface area contributed by atoms with Gasteiger partial charge >= 0.3 is 12.2 Å². The molecule has 12 heteroatoms. The minimum Gasteiger partial charge on any atom is -0.454 e. The fourth-order valence-electron chi connectivity index (χ4n) is 2.31. The third kappa shape index (κ3) is 5.42. The standard InChI is InChI=1S/C15H18BrF3N4O3S/c1-4-23-13(20-21-14(23)26-8-15(17,18)19)10(3)22-27(24,25)11-5-6-12(16)9(2)7-11/h5-7,10,22H,4,8H2,1-3H3/t10-/m1/s1. The Labute approximate surface area is 163 Å². The summed E-state index contributed by atoms with van der Waals surface area (Å²) in [4.78, 5) is 0.0613. The van der Waals surface area contributed by atoms with Gasteiger partial charge in [-0.3, -0.25) is 4.57 Å². The summed E-state index contributed by atoms with van der Waals surface area (Å²) >= 11 is 3.30. The normalized spacial score (nSPS) is 13.6. The van der Waals surface area contributed by atoms with Gasteiger partial charge in [-0.15, -0.1) is 5.10 Å². The molecule has 0 saturated carbocycles. The summed E-state index contributed by atoms with van der Waals surface area (Å²) in [6.45, 7) is 3.63. The Kier molecular flexibility index (Phi) is 6.53. The second-order valence-electron chi connectivity index (χ2n) is 5.74. The Bertz CT molecular complexity index is 916. The third-order valence-corrected chi connectivity index (χ3v) is 6.01. The first-order chi connectivity index (χ1) is 12.4. The molecule has 0 aliphatic carbocycles. The van der Waals surface area contributed by atoms with E-state index < -0.39 is 28.8 Å². The van der Waals surface area contributed by atoms with Crippen molar-refractivity contribution >= 4 is 26.0 Å². The highest BCUT2D eigenvalue weighted by Crippen LogP contribution is 2.24. The van der Waals surface area contributed by atoms with Gasteiger partial charge < -0.3 is 4.74 Å². The lowest BCUT2D eigenvalue weighted by molar-refractivity contribution is -0.155. The maximum atomic E-state index is 12.6. The number of aromatic nitrogens is 3. The molecule has 1 atom stereocenters. The molecule has 1 aromatic carbocycles. The highest BCUT2D eigenvalue weighted by atomic mass is 79.9. The van der Waals surface area contributed by atoms with Gasteiger partial charge in [0.1, 0.15) is 0 Å². The van der Waals surface area contributed by atoms with Crippen LogP contribution < -0.4 is 9.46 Å². The first kappa shape index (κ1) is 21.6. The summed E-state index contributed by atoms with van der Waals surface area (Å²) in [5.74, 6) is 0.145. The molecule has 0 aliphatic rings. The molecular weight excluding hydrogens is 453 g/mol. The van der Waals surface area contributed by atoms with Crippen LogP contribution in [-0.4, -0.2) is 36.0 Å². The minimum absolute atomic E-state index is 0.0613. The first-order valence-corrected chi connectivity index (χ1v) is 10.1. The monoisotopic (exact) mass is 470 g/mol. The molecular formula is C15H18BrF3N4O3S. The first-order valence-electron chi connectivity index (χ1n) is 7.85. The third-order valence-electron chi connectivity index (χ3n) is 3.59. The number of rotatable bonds is 7. The summed E-state index contributed by atoms with van der Waals surface area (Å²) in [6, 6.07) is 3.40. The number of ether oxygens (including phenoxy) is 1. The van der Waals surface area contributed by atoms with E-state index in [1.54, 1.807) is 19.9 Å². The predicted octanol–water partition coefficient (Wildman–Crippen LogP) is 3.35. The number of nitrogens with one attached hydrogen (secondary N) is 1. The zero-order valence-electron chi connectivity index (χ0n) is 14.7. The number of sulfonamides is 1. The lowest BCUT2D eigenvalue weighted by Crippen LogP contribution is -2.29. The predicted molar refractivity (Wildman–Crippen MR) is 94.9 cm³/mol. The maximum absolute atomic E-state index is 12.6. The smallest absolute Gasteiger partial charge is 0.422 e. The zero-order chi connectivity index (χ0) is 20.4. The van der Waals surface area contributed by atoms with Gasteiger partial charge in [-0.1, -0.05) is 21.0 Å². The largest absolute Gasteiger partial charge is 0.454 e. The van der Waals surface area contributed by atoms with Crippen LogP contribution in [0.2, 0.25) is 0 Å². The van der Waals surface area contributed by atoms with Crippen LogP contribution in [0.15, 0.2) is 27.6 Å². The van der Waals surface area contributed by atoms with Crippen molar-refractivity contribution in [3.63, 3.8) is 0 Å². The number of halogens is 4. The zero-order valence-corrected chi connectivity index (χ0v) is 17.1. The fraction of sp³-hybridized carbons (Fsp3) is 0.467. The molecule has 0 saturated heterocycles.